The van der Waals surface area contributed by atoms with Gasteiger partial charge >= 0.3 is 0 Å². The SMILES string of the molecule is CC1CCC(CNC(=O)CCc2ccc(Cl)cc2)CC1. The van der Waals surface area contributed by atoms with Crippen LogP contribution in [0.4, 0.5) is 0 Å². The van der Waals surface area contributed by atoms with Crippen LogP contribution in [-0.4, -0.2) is 12.5 Å². The van der Waals surface area contributed by atoms with Gasteiger partial charge in [-0.15, -0.1) is 0 Å². The molecule has 20 heavy (non-hydrogen) atoms. The van der Waals surface area contributed by atoms with Crippen LogP contribution in [0, 0.1) is 11.8 Å². The Bertz CT molecular complexity index is 421. The molecule has 3 heteroatoms. The summed E-state index contributed by atoms with van der Waals surface area (Å²) in [4.78, 5) is 11.9. The minimum atomic E-state index is 0.165. The third-order valence-electron chi connectivity index (χ3n) is 4.28. The van der Waals surface area contributed by atoms with E-state index in [9.17, 15) is 4.79 Å². The zero-order valence-corrected chi connectivity index (χ0v) is 13.0. The Balaban J connectivity index is 1.64. The molecule has 1 fully saturated rings. The molecule has 1 saturated carbocycles. The third-order valence-corrected chi connectivity index (χ3v) is 4.53. The molecule has 1 aromatic rings. The van der Waals surface area contributed by atoms with Gasteiger partial charge in [0.25, 0.3) is 0 Å². The largest absolute Gasteiger partial charge is 0.356 e. The van der Waals surface area contributed by atoms with E-state index in [1.807, 2.05) is 24.3 Å². The van der Waals surface area contributed by atoms with Crippen molar-refractivity contribution in [3.05, 3.63) is 34.9 Å². The highest BCUT2D eigenvalue weighted by atomic mass is 35.5. The van der Waals surface area contributed by atoms with Crippen molar-refractivity contribution < 1.29 is 4.79 Å². The van der Waals surface area contributed by atoms with Crippen molar-refractivity contribution in [2.45, 2.75) is 45.4 Å². The second kappa shape index (κ2) is 7.68. The second-order valence-electron chi connectivity index (χ2n) is 6.06. The fourth-order valence-corrected chi connectivity index (χ4v) is 2.91. The number of hydrogen-bond acceptors (Lipinski definition) is 1. The van der Waals surface area contributed by atoms with Gasteiger partial charge in [-0.05, 0) is 48.8 Å². The number of rotatable bonds is 5. The quantitative estimate of drug-likeness (QED) is 0.865. The number of nitrogens with one attached hydrogen (secondary N) is 1. The molecule has 0 atom stereocenters. The Morgan fingerprint density at radius 3 is 2.50 bits per heavy atom. The van der Waals surface area contributed by atoms with Crippen LogP contribution in [0.5, 0.6) is 0 Å². The van der Waals surface area contributed by atoms with Crippen LogP contribution in [0.2, 0.25) is 5.02 Å². The summed E-state index contributed by atoms with van der Waals surface area (Å²) in [6.45, 7) is 3.17. The maximum atomic E-state index is 11.9. The fraction of sp³-hybridized carbons (Fsp3) is 0.588. The van der Waals surface area contributed by atoms with Crippen LogP contribution in [-0.2, 0) is 11.2 Å². The van der Waals surface area contributed by atoms with E-state index in [2.05, 4.69) is 12.2 Å². The molecule has 1 aliphatic carbocycles. The number of carbonyl (C=O) groups is 1. The lowest BCUT2D eigenvalue weighted by atomic mass is 9.83. The molecule has 0 radical (unpaired) electrons. The van der Waals surface area contributed by atoms with Gasteiger partial charge in [0.2, 0.25) is 5.91 Å². The lowest BCUT2D eigenvalue weighted by molar-refractivity contribution is -0.121. The molecule has 0 spiro atoms. The van der Waals surface area contributed by atoms with E-state index in [1.54, 1.807) is 0 Å². The molecule has 2 nitrogen and oxygen atoms in total. The second-order valence-corrected chi connectivity index (χ2v) is 6.49. The van der Waals surface area contributed by atoms with Gasteiger partial charge in [0.05, 0.1) is 0 Å². The first-order chi connectivity index (χ1) is 9.63. The average Bonchev–Trinajstić information content (AvgIpc) is 2.46. The smallest absolute Gasteiger partial charge is 0.220 e. The van der Waals surface area contributed by atoms with Crippen molar-refractivity contribution in [2.75, 3.05) is 6.54 Å². The lowest BCUT2D eigenvalue weighted by Gasteiger charge is -2.26. The number of carbonyl (C=O) groups excluding carboxylic acids is 1. The van der Waals surface area contributed by atoms with Gasteiger partial charge in [0.15, 0.2) is 0 Å². The minimum absolute atomic E-state index is 0.165. The van der Waals surface area contributed by atoms with E-state index in [1.165, 1.54) is 25.7 Å². The van der Waals surface area contributed by atoms with Crippen LogP contribution in [0.1, 0.15) is 44.6 Å². The Kier molecular flexibility index (Phi) is 5.90. The highest BCUT2D eigenvalue weighted by Crippen LogP contribution is 2.27. The molecule has 0 unspecified atom stereocenters. The maximum absolute atomic E-state index is 11.9. The van der Waals surface area contributed by atoms with Gasteiger partial charge in [-0.25, -0.2) is 0 Å². The molecule has 0 heterocycles. The predicted molar refractivity (Wildman–Crippen MR) is 83.9 cm³/mol. The zero-order valence-electron chi connectivity index (χ0n) is 12.2. The van der Waals surface area contributed by atoms with Gasteiger partial charge < -0.3 is 5.32 Å². The molecular formula is C17H24ClNO. The third kappa shape index (κ3) is 5.16. The first-order valence-electron chi connectivity index (χ1n) is 7.64. The van der Waals surface area contributed by atoms with E-state index in [-0.39, 0.29) is 5.91 Å². The van der Waals surface area contributed by atoms with E-state index < -0.39 is 0 Å². The normalized spacial score (nSPS) is 22.5. The van der Waals surface area contributed by atoms with Gasteiger partial charge in [0, 0.05) is 18.0 Å². The van der Waals surface area contributed by atoms with Crippen molar-refractivity contribution >= 4 is 17.5 Å². The molecule has 2 rings (SSSR count). The predicted octanol–water partition coefficient (Wildman–Crippen LogP) is 4.22. The van der Waals surface area contributed by atoms with Crippen LogP contribution in [0.3, 0.4) is 0 Å². The molecule has 0 saturated heterocycles. The Morgan fingerprint density at radius 2 is 1.85 bits per heavy atom. The summed E-state index contributed by atoms with van der Waals surface area (Å²) in [5.74, 6) is 1.72. The standard InChI is InChI=1S/C17H24ClNO/c1-13-2-4-15(5-3-13)12-19-17(20)11-8-14-6-9-16(18)10-7-14/h6-7,9-10,13,15H,2-5,8,11-12H2,1H3,(H,19,20). The summed E-state index contributed by atoms with van der Waals surface area (Å²) in [5, 5.41) is 3.82. The van der Waals surface area contributed by atoms with Crippen LogP contribution < -0.4 is 5.32 Å². The van der Waals surface area contributed by atoms with Crippen molar-refractivity contribution in [1.29, 1.82) is 0 Å². The topological polar surface area (TPSA) is 29.1 Å². The van der Waals surface area contributed by atoms with Crippen molar-refractivity contribution in [2.24, 2.45) is 11.8 Å². The summed E-state index contributed by atoms with van der Waals surface area (Å²) in [6.07, 6.45) is 6.49. The van der Waals surface area contributed by atoms with Crippen LogP contribution in [0.15, 0.2) is 24.3 Å². The first-order valence-corrected chi connectivity index (χ1v) is 8.02. The molecule has 1 aromatic carbocycles. The van der Waals surface area contributed by atoms with E-state index >= 15 is 0 Å². The van der Waals surface area contributed by atoms with Gasteiger partial charge in [-0.1, -0.05) is 43.5 Å². The summed E-state index contributed by atoms with van der Waals surface area (Å²) in [6, 6.07) is 7.71. The molecule has 110 valence electrons. The van der Waals surface area contributed by atoms with E-state index in [4.69, 9.17) is 11.6 Å². The zero-order chi connectivity index (χ0) is 14.4. The molecular weight excluding hydrogens is 270 g/mol. The van der Waals surface area contributed by atoms with Crippen molar-refractivity contribution in [1.82, 2.24) is 5.32 Å². The van der Waals surface area contributed by atoms with Crippen LogP contribution >= 0.6 is 11.6 Å². The summed E-state index contributed by atoms with van der Waals surface area (Å²) < 4.78 is 0. The molecule has 0 aromatic heterocycles. The van der Waals surface area contributed by atoms with E-state index in [0.717, 1.165) is 29.5 Å². The number of halogens is 1. The summed E-state index contributed by atoms with van der Waals surface area (Å²) in [5.41, 5.74) is 1.16. The molecule has 1 aliphatic rings. The fourth-order valence-electron chi connectivity index (χ4n) is 2.79. The van der Waals surface area contributed by atoms with Crippen LogP contribution in [0.25, 0.3) is 0 Å². The molecule has 0 aliphatic heterocycles. The monoisotopic (exact) mass is 293 g/mol. The van der Waals surface area contributed by atoms with Crippen molar-refractivity contribution in [3.8, 4) is 0 Å². The number of amides is 1. The number of aryl methyl sites for hydroxylation is 1. The van der Waals surface area contributed by atoms with Crippen molar-refractivity contribution in [3.63, 3.8) is 0 Å². The Hall–Kier alpha value is -1.02. The van der Waals surface area contributed by atoms with Gasteiger partial charge in [-0.3, -0.25) is 4.79 Å². The minimum Gasteiger partial charge on any atom is -0.356 e. The Labute approximate surface area is 126 Å². The first kappa shape index (κ1) is 15.4. The number of benzene rings is 1. The molecule has 1 amide bonds. The average molecular weight is 294 g/mol. The highest BCUT2D eigenvalue weighted by Gasteiger charge is 2.18. The van der Waals surface area contributed by atoms with Gasteiger partial charge in [-0.2, -0.15) is 0 Å². The van der Waals surface area contributed by atoms with Gasteiger partial charge in [0.1, 0.15) is 0 Å². The number of hydrogen-bond donors (Lipinski definition) is 1. The summed E-state index contributed by atoms with van der Waals surface area (Å²) >= 11 is 5.84. The highest BCUT2D eigenvalue weighted by molar-refractivity contribution is 6.30. The molecule has 1 N–H and O–H groups in total. The lowest BCUT2D eigenvalue weighted by Crippen LogP contribution is -2.31. The maximum Gasteiger partial charge on any atom is 0.220 e. The van der Waals surface area contributed by atoms with E-state index in [0.29, 0.717) is 12.3 Å². The summed E-state index contributed by atoms with van der Waals surface area (Å²) in [7, 11) is 0. The molecule has 0 bridgehead atoms. The Morgan fingerprint density at radius 1 is 1.20 bits per heavy atom.